The molecule has 4 heteroatoms. The summed E-state index contributed by atoms with van der Waals surface area (Å²) in [5.41, 5.74) is 0. The lowest BCUT2D eigenvalue weighted by Crippen LogP contribution is -2.43. The van der Waals surface area contributed by atoms with Gasteiger partial charge in [0.25, 0.3) is 0 Å². The normalized spacial score (nSPS) is 21.6. The van der Waals surface area contributed by atoms with Gasteiger partial charge in [-0.1, -0.05) is 19.3 Å². The summed E-state index contributed by atoms with van der Waals surface area (Å²) >= 11 is 1.94. The third-order valence-corrected chi connectivity index (χ3v) is 4.87. The van der Waals surface area contributed by atoms with Crippen LogP contribution < -0.4 is 5.32 Å². The van der Waals surface area contributed by atoms with Crippen LogP contribution in [0.2, 0.25) is 0 Å². The number of carboxylic acid groups (broad SMARTS) is 1. The molecule has 0 saturated heterocycles. The van der Waals surface area contributed by atoms with Crippen molar-refractivity contribution in [3.05, 3.63) is 0 Å². The minimum absolute atomic E-state index is 0.0726. The van der Waals surface area contributed by atoms with Crippen LogP contribution in [0, 0.1) is 0 Å². The van der Waals surface area contributed by atoms with Gasteiger partial charge in [-0.2, -0.15) is 11.8 Å². The molecule has 0 radical (unpaired) electrons. The first-order chi connectivity index (χ1) is 7.58. The van der Waals surface area contributed by atoms with Crippen LogP contribution in [0.5, 0.6) is 0 Å². The molecule has 0 aliphatic heterocycles. The van der Waals surface area contributed by atoms with Crippen LogP contribution in [0.4, 0.5) is 0 Å². The largest absolute Gasteiger partial charge is 0.481 e. The Morgan fingerprint density at radius 3 is 2.56 bits per heavy atom. The molecule has 16 heavy (non-hydrogen) atoms. The maximum Gasteiger partial charge on any atom is 0.304 e. The Kier molecular flexibility index (Phi) is 5.62. The van der Waals surface area contributed by atoms with Gasteiger partial charge in [0.15, 0.2) is 0 Å². The predicted molar refractivity (Wildman–Crippen MR) is 69.0 cm³/mol. The second-order valence-electron chi connectivity index (χ2n) is 4.83. The molecule has 0 amide bonds. The molecule has 0 bridgehead atoms. The molecule has 0 spiro atoms. The van der Waals surface area contributed by atoms with Crippen molar-refractivity contribution in [2.45, 2.75) is 56.2 Å². The third kappa shape index (κ3) is 4.34. The van der Waals surface area contributed by atoms with Crippen molar-refractivity contribution >= 4 is 17.7 Å². The summed E-state index contributed by atoms with van der Waals surface area (Å²) in [6.45, 7) is 2.90. The lowest BCUT2D eigenvalue weighted by atomic mass is 9.88. The van der Waals surface area contributed by atoms with E-state index in [-0.39, 0.29) is 12.5 Å². The second kappa shape index (κ2) is 6.50. The van der Waals surface area contributed by atoms with Crippen molar-refractivity contribution < 1.29 is 9.90 Å². The minimum atomic E-state index is -0.721. The van der Waals surface area contributed by atoms with Crippen molar-refractivity contribution in [2.24, 2.45) is 0 Å². The molecule has 1 saturated carbocycles. The highest BCUT2D eigenvalue weighted by Gasteiger charge is 2.31. The van der Waals surface area contributed by atoms with Crippen molar-refractivity contribution in [1.29, 1.82) is 0 Å². The van der Waals surface area contributed by atoms with E-state index in [0.29, 0.717) is 4.75 Å². The minimum Gasteiger partial charge on any atom is -0.481 e. The zero-order valence-corrected chi connectivity index (χ0v) is 11.1. The summed E-state index contributed by atoms with van der Waals surface area (Å²) in [6, 6.07) is 0.0726. The zero-order valence-electron chi connectivity index (χ0n) is 10.3. The van der Waals surface area contributed by atoms with Gasteiger partial charge in [0.05, 0.1) is 6.42 Å². The molecule has 1 rings (SSSR count). The van der Waals surface area contributed by atoms with E-state index < -0.39 is 5.97 Å². The smallest absolute Gasteiger partial charge is 0.304 e. The van der Waals surface area contributed by atoms with Gasteiger partial charge >= 0.3 is 5.97 Å². The molecule has 3 nitrogen and oxygen atoms in total. The number of hydrogen-bond acceptors (Lipinski definition) is 3. The van der Waals surface area contributed by atoms with Gasteiger partial charge in [0.2, 0.25) is 0 Å². The lowest BCUT2D eigenvalue weighted by molar-refractivity contribution is -0.137. The highest BCUT2D eigenvalue weighted by molar-refractivity contribution is 8.00. The molecular weight excluding hydrogens is 222 g/mol. The zero-order chi connectivity index (χ0) is 12.0. The molecule has 1 aliphatic carbocycles. The molecule has 0 aromatic carbocycles. The number of hydrogen-bond donors (Lipinski definition) is 2. The molecule has 2 N–H and O–H groups in total. The second-order valence-corrected chi connectivity index (χ2v) is 6.10. The molecule has 1 aliphatic rings. The maximum atomic E-state index is 10.6. The Morgan fingerprint density at radius 1 is 1.44 bits per heavy atom. The number of carboxylic acids is 1. The Bertz CT molecular complexity index is 227. The Morgan fingerprint density at radius 2 is 2.06 bits per heavy atom. The summed E-state index contributed by atoms with van der Waals surface area (Å²) in [7, 11) is 0. The summed E-state index contributed by atoms with van der Waals surface area (Å²) in [5.74, 6) is -0.721. The Hall–Kier alpha value is -0.220. The van der Waals surface area contributed by atoms with E-state index in [4.69, 9.17) is 5.11 Å². The fraction of sp³-hybridized carbons (Fsp3) is 0.917. The molecular formula is C12H23NO2S. The van der Waals surface area contributed by atoms with Gasteiger partial charge in [-0.15, -0.1) is 0 Å². The van der Waals surface area contributed by atoms with Crippen LogP contribution in [-0.4, -0.2) is 34.7 Å². The first kappa shape index (κ1) is 13.8. The van der Waals surface area contributed by atoms with Crippen molar-refractivity contribution in [1.82, 2.24) is 5.32 Å². The van der Waals surface area contributed by atoms with Gasteiger partial charge in [0.1, 0.15) is 0 Å². The van der Waals surface area contributed by atoms with Gasteiger partial charge in [-0.3, -0.25) is 4.79 Å². The molecule has 0 heterocycles. The van der Waals surface area contributed by atoms with Gasteiger partial charge in [0, 0.05) is 17.3 Å². The molecule has 0 aromatic heterocycles. The van der Waals surface area contributed by atoms with Gasteiger partial charge in [-0.05, 0) is 26.0 Å². The van der Waals surface area contributed by atoms with E-state index in [2.05, 4.69) is 11.6 Å². The van der Waals surface area contributed by atoms with Crippen LogP contribution in [0.1, 0.15) is 45.4 Å². The van der Waals surface area contributed by atoms with Crippen LogP contribution in [-0.2, 0) is 4.79 Å². The number of nitrogens with one attached hydrogen (secondary N) is 1. The molecule has 94 valence electrons. The summed E-state index contributed by atoms with van der Waals surface area (Å²) in [4.78, 5) is 10.6. The highest BCUT2D eigenvalue weighted by atomic mass is 32.2. The summed E-state index contributed by atoms with van der Waals surface area (Å²) < 4.78 is 0.352. The van der Waals surface area contributed by atoms with E-state index in [0.717, 1.165) is 6.54 Å². The van der Waals surface area contributed by atoms with Crippen molar-refractivity contribution in [2.75, 3.05) is 12.8 Å². The standard InChI is InChI=1S/C12H23NO2S/c1-10(8-11(14)15)13-9-12(16-2)6-4-3-5-7-12/h10,13H,3-9H2,1-2H3,(H,14,15). The maximum absolute atomic E-state index is 10.6. The fourth-order valence-corrected chi connectivity index (χ4v) is 3.27. The van der Waals surface area contributed by atoms with Crippen LogP contribution >= 0.6 is 11.8 Å². The lowest BCUT2D eigenvalue weighted by Gasteiger charge is -2.36. The molecule has 0 aromatic rings. The number of aliphatic carboxylic acids is 1. The van der Waals surface area contributed by atoms with Gasteiger partial charge < -0.3 is 10.4 Å². The van der Waals surface area contributed by atoms with Crippen molar-refractivity contribution in [3.8, 4) is 0 Å². The average molecular weight is 245 g/mol. The van der Waals surface area contributed by atoms with E-state index in [1.165, 1.54) is 32.1 Å². The first-order valence-electron chi connectivity index (χ1n) is 6.08. The van der Waals surface area contributed by atoms with Crippen LogP contribution in [0.3, 0.4) is 0 Å². The van der Waals surface area contributed by atoms with Crippen LogP contribution in [0.25, 0.3) is 0 Å². The van der Waals surface area contributed by atoms with Crippen LogP contribution in [0.15, 0.2) is 0 Å². The first-order valence-corrected chi connectivity index (χ1v) is 7.31. The van der Waals surface area contributed by atoms with Gasteiger partial charge in [-0.25, -0.2) is 0 Å². The SMILES string of the molecule is CSC1(CNC(C)CC(=O)O)CCCCC1. The summed E-state index contributed by atoms with van der Waals surface area (Å²) in [6.07, 6.45) is 8.90. The quantitative estimate of drug-likeness (QED) is 0.755. The summed E-state index contributed by atoms with van der Waals surface area (Å²) in [5, 5.41) is 12.1. The van der Waals surface area contributed by atoms with E-state index >= 15 is 0 Å². The fourth-order valence-electron chi connectivity index (χ4n) is 2.34. The highest BCUT2D eigenvalue weighted by Crippen LogP contribution is 2.38. The third-order valence-electron chi connectivity index (χ3n) is 3.45. The molecule has 1 fully saturated rings. The number of carbonyl (C=O) groups is 1. The number of thioether (sulfide) groups is 1. The number of rotatable bonds is 6. The van der Waals surface area contributed by atoms with E-state index in [1.54, 1.807) is 0 Å². The Balaban J connectivity index is 2.35. The molecule has 1 atom stereocenters. The van der Waals surface area contributed by atoms with Crippen molar-refractivity contribution in [3.63, 3.8) is 0 Å². The topological polar surface area (TPSA) is 49.3 Å². The molecule has 1 unspecified atom stereocenters. The van der Waals surface area contributed by atoms with E-state index in [1.807, 2.05) is 18.7 Å². The average Bonchev–Trinajstić information content (AvgIpc) is 2.27. The predicted octanol–water partition coefficient (Wildman–Crippen LogP) is 2.51. The monoisotopic (exact) mass is 245 g/mol. The Labute approximate surface area is 102 Å². The van der Waals surface area contributed by atoms with E-state index in [9.17, 15) is 4.79 Å².